The first-order valence-electron chi connectivity index (χ1n) is 25.6. The summed E-state index contributed by atoms with van der Waals surface area (Å²) in [6, 6.07) is 66.0. The summed E-state index contributed by atoms with van der Waals surface area (Å²) in [6.45, 7) is 28.5. The van der Waals surface area contributed by atoms with Gasteiger partial charge in [0.05, 0.1) is 11.4 Å². The van der Waals surface area contributed by atoms with Crippen molar-refractivity contribution in [2.75, 3.05) is 14.7 Å². The molecule has 3 nitrogen and oxygen atoms in total. The molecule has 13 rings (SSSR count). The fraction of sp³-hybridized carbons (Fsp3) is 0.273. The molecule has 0 fully saturated rings. The number of rotatable bonds is 4. The Morgan fingerprint density at radius 2 is 0.971 bits per heavy atom. The summed E-state index contributed by atoms with van der Waals surface area (Å²) in [4.78, 5) is 7.74. The van der Waals surface area contributed by atoms with E-state index in [4.69, 9.17) is 0 Å². The molecule has 8 aromatic carbocycles. The van der Waals surface area contributed by atoms with Crippen molar-refractivity contribution in [2.45, 2.75) is 117 Å². The third-order valence-electron chi connectivity index (χ3n) is 16.4. The number of hydrogen-bond acceptors (Lipinski definition) is 3. The van der Waals surface area contributed by atoms with Crippen LogP contribution in [0.25, 0.3) is 11.1 Å². The number of fused-ring (bicyclic) bond motifs is 5. The lowest BCUT2D eigenvalue weighted by molar-refractivity contribution is 0.425. The Bertz CT molecular complexity index is 3340. The van der Waals surface area contributed by atoms with Crippen molar-refractivity contribution in [3.63, 3.8) is 0 Å². The van der Waals surface area contributed by atoms with Crippen molar-refractivity contribution >= 4 is 74.3 Å². The summed E-state index contributed by atoms with van der Waals surface area (Å²) in [6.07, 6.45) is 1.04. The molecule has 348 valence electrons. The van der Waals surface area contributed by atoms with Gasteiger partial charge in [-0.05, 0) is 156 Å². The lowest BCUT2D eigenvalue weighted by atomic mass is 9.33. The van der Waals surface area contributed by atoms with Gasteiger partial charge in [-0.2, -0.15) is 0 Å². The SMILES string of the molecule is CC(C)(C)c1ccc(N2c3ccc(C(C)(C)C)cc3B3c4cc5c6cc4N(c4ccc(C(C)(C)C)cc4-c4ccc(cc4)C6(C)CC5(C)C)c4cc(N(c5ccccc5)c5ccccc5)cc2c43)cc1. The molecule has 0 saturated heterocycles. The van der Waals surface area contributed by atoms with Crippen LogP contribution in [0.5, 0.6) is 0 Å². The van der Waals surface area contributed by atoms with Crippen molar-refractivity contribution in [3.8, 4) is 11.1 Å². The summed E-state index contributed by atoms with van der Waals surface area (Å²) < 4.78 is 0. The summed E-state index contributed by atoms with van der Waals surface area (Å²) in [5.74, 6) is 0. The molecular weight excluding hydrogens is 846 g/mol. The molecule has 0 N–H and O–H groups in total. The number of para-hydroxylation sites is 2. The molecule has 1 unspecified atom stereocenters. The molecule has 4 heteroatoms. The minimum Gasteiger partial charge on any atom is -0.311 e. The van der Waals surface area contributed by atoms with Crippen molar-refractivity contribution in [2.24, 2.45) is 0 Å². The molecule has 4 heterocycles. The predicted molar refractivity (Wildman–Crippen MR) is 301 cm³/mol. The number of nitrogens with zero attached hydrogens (tertiary/aromatic N) is 3. The zero-order valence-corrected chi connectivity index (χ0v) is 43.3. The molecule has 4 aliphatic heterocycles. The van der Waals surface area contributed by atoms with Gasteiger partial charge in [0.15, 0.2) is 0 Å². The van der Waals surface area contributed by atoms with Crippen LogP contribution in [0.15, 0.2) is 170 Å². The van der Waals surface area contributed by atoms with Gasteiger partial charge in [-0.1, -0.05) is 180 Å². The Labute approximate surface area is 417 Å². The van der Waals surface area contributed by atoms with Gasteiger partial charge < -0.3 is 14.7 Å². The quantitative estimate of drug-likeness (QED) is 0.163. The van der Waals surface area contributed by atoms with E-state index >= 15 is 0 Å². The standard InChI is InChI=1S/C66H66BN3/c1-62(2,3)43-27-31-49(32-28-43)69-57-34-30-46(64(7,8)9)36-54(57)67-55-39-52-53-40-58(55)70(60-38-50(37-59(69)61(60)67)68(47-19-15-13-16-20-47)48-21-17-14-18-22-48)56-33-29-45(63(4,5)6)35-51(56)42-23-25-44(26-24-42)66(53,12)41-65(52,10)11/h13-40H,41H2,1-12H3. The Morgan fingerprint density at radius 1 is 0.443 bits per heavy atom. The second-order valence-electron chi connectivity index (χ2n) is 24.7. The minimum absolute atomic E-state index is 0.0201. The second kappa shape index (κ2) is 15.1. The molecule has 5 aliphatic rings. The van der Waals surface area contributed by atoms with Gasteiger partial charge in [0.1, 0.15) is 0 Å². The molecule has 0 radical (unpaired) electrons. The van der Waals surface area contributed by atoms with Gasteiger partial charge >= 0.3 is 0 Å². The predicted octanol–water partition coefficient (Wildman–Crippen LogP) is 16.1. The van der Waals surface area contributed by atoms with Crippen LogP contribution in [0.4, 0.5) is 51.2 Å². The lowest BCUT2D eigenvalue weighted by Crippen LogP contribution is -2.61. The summed E-state index contributed by atoms with van der Waals surface area (Å²) in [7, 11) is 0. The van der Waals surface area contributed by atoms with Crippen molar-refractivity contribution < 1.29 is 0 Å². The highest BCUT2D eigenvalue weighted by Gasteiger charge is 2.51. The lowest BCUT2D eigenvalue weighted by Gasteiger charge is -2.46. The van der Waals surface area contributed by atoms with Crippen LogP contribution in [0.1, 0.15) is 123 Å². The highest BCUT2D eigenvalue weighted by Crippen LogP contribution is 2.57. The second-order valence-corrected chi connectivity index (χ2v) is 24.7. The van der Waals surface area contributed by atoms with Crippen molar-refractivity contribution in [1.29, 1.82) is 0 Å². The van der Waals surface area contributed by atoms with E-state index in [0.717, 1.165) is 29.2 Å². The first-order valence-corrected chi connectivity index (χ1v) is 25.6. The fourth-order valence-corrected chi connectivity index (χ4v) is 12.7. The highest BCUT2D eigenvalue weighted by atomic mass is 15.2. The third kappa shape index (κ3) is 6.76. The maximum atomic E-state index is 2.69. The Hall–Kier alpha value is -6.78. The number of benzene rings is 8. The van der Waals surface area contributed by atoms with Crippen LogP contribution in [-0.4, -0.2) is 6.71 Å². The van der Waals surface area contributed by atoms with Crippen LogP contribution >= 0.6 is 0 Å². The smallest absolute Gasteiger partial charge is 0.252 e. The molecule has 4 bridgehead atoms. The number of hydrogen-bond donors (Lipinski definition) is 0. The number of anilines is 9. The largest absolute Gasteiger partial charge is 0.311 e. The van der Waals surface area contributed by atoms with Gasteiger partial charge in [-0.3, -0.25) is 0 Å². The maximum absolute atomic E-state index is 2.69. The first-order chi connectivity index (χ1) is 33.2. The molecule has 1 atom stereocenters. The van der Waals surface area contributed by atoms with Crippen molar-refractivity contribution in [3.05, 3.63) is 203 Å². The van der Waals surface area contributed by atoms with Crippen LogP contribution in [0.2, 0.25) is 0 Å². The fourth-order valence-electron chi connectivity index (χ4n) is 12.7. The van der Waals surface area contributed by atoms with Crippen LogP contribution < -0.4 is 31.1 Å². The van der Waals surface area contributed by atoms with Gasteiger partial charge in [0, 0.05) is 50.8 Å². The van der Waals surface area contributed by atoms with E-state index in [-0.39, 0.29) is 33.8 Å². The molecule has 0 aromatic heterocycles. The first kappa shape index (κ1) is 44.4. The molecular formula is C66H66BN3. The van der Waals surface area contributed by atoms with Crippen molar-refractivity contribution in [1.82, 2.24) is 0 Å². The van der Waals surface area contributed by atoms with E-state index in [1.807, 2.05) is 0 Å². The minimum atomic E-state index is -0.171. The summed E-state index contributed by atoms with van der Waals surface area (Å²) >= 11 is 0. The van der Waals surface area contributed by atoms with Crippen LogP contribution in [-0.2, 0) is 27.1 Å². The Morgan fingerprint density at radius 3 is 1.56 bits per heavy atom. The van der Waals surface area contributed by atoms with Gasteiger partial charge in [-0.25, -0.2) is 0 Å². The monoisotopic (exact) mass is 912 g/mol. The Balaban J connectivity index is 1.26. The van der Waals surface area contributed by atoms with Crippen LogP contribution in [0, 0.1) is 0 Å². The van der Waals surface area contributed by atoms with E-state index in [0.29, 0.717) is 0 Å². The molecule has 0 amide bonds. The van der Waals surface area contributed by atoms with Gasteiger partial charge in [0.25, 0.3) is 6.71 Å². The normalized spacial score (nSPS) is 17.2. The van der Waals surface area contributed by atoms with E-state index in [1.54, 1.807) is 0 Å². The molecule has 8 aromatic rings. The van der Waals surface area contributed by atoms with E-state index < -0.39 is 0 Å². The molecule has 1 aliphatic carbocycles. The molecule has 70 heavy (non-hydrogen) atoms. The Kier molecular flexibility index (Phi) is 9.59. The van der Waals surface area contributed by atoms with E-state index in [2.05, 4.69) is 268 Å². The van der Waals surface area contributed by atoms with Crippen LogP contribution in [0.3, 0.4) is 0 Å². The zero-order valence-electron chi connectivity index (χ0n) is 43.3. The average molecular weight is 912 g/mol. The topological polar surface area (TPSA) is 9.72 Å². The van der Waals surface area contributed by atoms with Gasteiger partial charge in [-0.15, -0.1) is 0 Å². The molecule has 0 saturated carbocycles. The van der Waals surface area contributed by atoms with Gasteiger partial charge in [0.2, 0.25) is 0 Å². The summed E-state index contributed by atoms with van der Waals surface area (Å²) in [5, 5.41) is 0. The van der Waals surface area contributed by atoms with E-state index in [9.17, 15) is 0 Å². The zero-order chi connectivity index (χ0) is 48.9. The van der Waals surface area contributed by atoms with E-state index in [1.165, 1.54) is 89.3 Å². The maximum Gasteiger partial charge on any atom is 0.252 e. The third-order valence-corrected chi connectivity index (χ3v) is 16.4. The highest BCUT2D eigenvalue weighted by molar-refractivity contribution is 7.00. The average Bonchev–Trinajstić information content (AvgIpc) is 3.53. The molecule has 0 spiro atoms. The summed E-state index contributed by atoms with van der Waals surface area (Å²) in [5.41, 5.74) is 25.2.